The summed E-state index contributed by atoms with van der Waals surface area (Å²) in [6.07, 6.45) is 0. The van der Waals surface area contributed by atoms with Crippen molar-refractivity contribution in [2.45, 2.75) is 5.88 Å². The monoisotopic (exact) mass is 363 g/mol. The Labute approximate surface area is 133 Å². The van der Waals surface area contributed by atoms with Gasteiger partial charge >= 0.3 is 0 Å². The van der Waals surface area contributed by atoms with E-state index in [1.54, 1.807) is 22.8 Å². The molecule has 0 saturated heterocycles. The Morgan fingerprint density at radius 1 is 1.33 bits per heavy atom. The Morgan fingerprint density at radius 3 is 2.81 bits per heavy atom. The SMILES string of the molecule is N#Cc1ccccc1-n1c(CCl)nc2cc(F)c(Br)cc21. The average molecular weight is 365 g/mol. The van der Waals surface area contributed by atoms with Gasteiger partial charge in [-0.05, 0) is 34.1 Å². The van der Waals surface area contributed by atoms with Gasteiger partial charge in [0.2, 0.25) is 0 Å². The lowest BCUT2D eigenvalue weighted by Gasteiger charge is -2.09. The van der Waals surface area contributed by atoms with Crippen LogP contribution >= 0.6 is 27.5 Å². The molecule has 6 heteroatoms. The van der Waals surface area contributed by atoms with Gasteiger partial charge in [0, 0.05) is 6.07 Å². The Balaban J connectivity index is 2.41. The number of hydrogen-bond donors (Lipinski definition) is 0. The third-order valence-electron chi connectivity index (χ3n) is 3.15. The van der Waals surface area contributed by atoms with Crippen molar-refractivity contribution in [3.63, 3.8) is 0 Å². The molecule has 0 amide bonds. The second-order valence-electron chi connectivity index (χ2n) is 4.38. The first-order chi connectivity index (χ1) is 10.2. The van der Waals surface area contributed by atoms with Crippen LogP contribution in [0.4, 0.5) is 4.39 Å². The summed E-state index contributed by atoms with van der Waals surface area (Å²) in [4.78, 5) is 4.35. The maximum absolute atomic E-state index is 13.7. The summed E-state index contributed by atoms with van der Waals surface area (Å²) in [5, 5.41) is 9.27. The Hall–Kier alpha value is -1.90. The van der Waals surface area contributed by atoms with E-state index in [4.69, 9.17) is 11.6 Å². The van der Waals surface area contributed by atoms with Gasteiger partial charge in [-0.2, -0.15) is 5.26 Å². The molecule has 0 aliphatic rings. The highest BCUT2D eigenvalue weighted by Crippen LogP contribution is 2.28. The van der Waals surface area contributed by atoms with E-state index in [0.717, 1.165) is 0 Å². The molecule has 0 fully saturated rings. The van der Waals surface area contributed by atoms with Crippen LogP contribution in [0.1, 0.15) is 11.4 Å². The van der Waals surface area contributed by atoms with Gasteiger partial charge in [-0.15, -0.1) is 11.6 Å². The van der Waals surface area contributed by atoms with E-state index >= 15 is 0 Å². The largest absolute Gasteiger partial charge is 0.294 e. The van der Waals surface area contributed by atoms with Crippen LogP contribution in [0.25, 0.3) is 16.7 Å². The molecule has 1 aromatic heterocycles. The van der Waals surface area contributed by atoms with Crippen LogP contribution in [0.15, 0.2) is 40.9 Å². The number of alkyl halides is 1. The fourth-order valence-electron chi connectivity index (χ4n) is 2.24. The lowest BCUT2D eigenvalue weighted by atomic mass is 10.2. The van der Waals surface area contributed by atoms with Crippen LogP contribution in [-0.4, -0.2) is 9.55 Å². The predicted molar refractivity (Wildman–Crippen MR) is 83.0 cm³/mol. The number of para-hydroxylation sites is 1. The molecular weight excluding hydrogens is 357 g/mol. The highest BCUT2D eigenvalue weighted by atomic mass is 79.9. The van der Waals surface area contributed by atoms with E-state index < -0.39 is 0 Å². The van der Waals surface area contributed by atoms with Gasteiger partial charge in [0.1, 0.15) is 17.7 Å². The van der Waals surface area contributed by atoms with Crippen LogP contribution in [0.5, 0.6) is 0 Å². The van der Waals surface area contributed by atoms with Crippen molar-refractivity contribution < 1.29 is 4.39 Å². The number of nitriles is 1. The minimum Gasteiger partial charge on any atom is -0.294 e. The van der Waals surface area contributed by atoms with Gasteiger partial charge in [0.25, 0.3) is 0 Å². The van der Waals surface area contributed by atoms with E-state index in [1.807, 2.05) is 12.1 Å². The molecular formula is C15H8BrClFN3. The summed E-state index contributed by atoms with van der Waals surface area (Å²) in [7, 11) is 0. The molecule has 3 aromatic rings. The molecule has 0 unspecified atom stereocenters. The first-order valence-corrected chi connectivity index (χ1v) is 7.40. The van der Waals surface area contributed by atoms with Crippen molar-refractivity contribution in [2.24, 2.45) is 0 Å². The zero-order valence-electron chi connectivity index (χ0n) is 10.6. The van der Waals surface area contributed by atoms with E-state index in [1.165, 1.54) is 6.07 Å². The molecule has 3 rings (SSSR count). The second kappa shape index (κ2) is 5.47. The van der Waals surface area contributed by atoms with Gasteiger partial charge in [-0.3, -0.25) is 4.57 Å². The van der Waals surface area contributed by atoms with E-state index in [2.05, 4.69) is 27.0 Å². The standard InChI is InChI=1S/C15H8BrClFN3/c16-10-5-14-12(6-11(10)18)20-15(7-17)21(14)13-4-2-1-3-9(13)8-19/h1-6H,7H2. The molecule has 104 valence electrons. The van der Waals surface area contributed by atoms with Crippen LogP contribution in [0.2, 0.25) is 0 Å². The number of hydrogen-bond acceptors (Lipinski definition) is 2. The van der Waals surface area contributed by atoms with Crippen molar-refractivity contribution in [1.29, 1.82) is 5.26 Å². The minimum absolute atomic E-state index is 0.160. The topological polar surface area (TPSA) is 41.6 Å². The number of imidazole rings is 1. The molecule has 0 radical (unpaired) electrons. The molecule has 0 atom stereocenters. The van der Waals surface area contributed by atoms with Gasteiger partial charge in [-0.1, -0.05) is 12.1 Å². The maximum Gasteiger partial charge on any atom is 0.139 e. The first-order valence-electron chi connectivity index (χ1n) is 6.07. The Bertz CT molecular complexity index is 882. The number of rotatable bonds is 2. The quantitative estimate of drug-likeness (QED) is 0.627. The van der Waals surface area contributed by atoms with Crippen molar-refractivity contribution >= 4 is 38.6 Å². The molecule has 21 heavy (non-hydrogen) atoms. The normalized spacial score (nSPS) is 10.8. The predicted octanol–water partition coefficient (Wildman–Crippen LogP) is 4.54. The van der Waals surface area contributed by atoms with E-state index in [0.29, 0.717) is 32.6 Å². The van der Waals surface area contributed by atoms with Crippen LogP contribution in [-0.2, 0) is 5.88 Å². The molecule has 3 nitrogen and oxygen atoms in total. The first kappa shape index (κ1) is 14.1. The number of fused-ring (bicyclic) bond motifs is 1. The van der Waals surface area contributed by atoms with Crippen molar-refractivity contribution in [3.8, 4) is 11.8 Å². The van der Waals surface area contributed by atoms with Crippen LogP contribution in [0, 0.1) is 17.1 Å². The maximum atomic E-state index is 13.7. The van der Waals surface area contributed by atoms with Crippen LogP contribution in [0.3, 0.4) is 0 Å². The summed E-state index contributed by atoms with van der Waals surface area (Å²) in [5.41, 5.74) is 2.38. The van der Waals surface area contributed by atoms with Gasteiger partial charge in [0.05, 0.1) is 32.6 Å². The number of benzene rings is 2. The highest BCUT2D eigenvalue weighted by Gasteiger charge is 2.16. The van der Waals surface area contributed by atoms with Crippen LogP contribution < -0.4 is 0 Å². The minimum atomic E-state index is -0.387. The summed E-state index contributed by atoms with van der Waals surface area (Å²) < 4.78 is 15.8. The Kier molecular flexibility index (Phi) is 3.66. The highest BCUT2D eigenvalue weighted by molar-refractivity contribution is 9.10. The van der Waals surface area contributed by atoms with E-state index in [-0.39, 0.29) is 11.7 Å². The van der Waals surface area contributed by atoms with E-state index in [9.17, 15) is 9.65 Å². The van der Waals surface area contributed by atoms with Gasteiger partial charge in [-0.25, -0.2) is 9.37 Å². The van der Waals surface area contributed by atoms with Gasteiger partial charge in [0.15, 0.2) is 0 Å². The lowest BCUT2D eigenvalue weighted by Crippen LogP contribution is -2.01. The molecule has 2 aromatic carbocycles. The summed E-state index contributed by atoms with van der Waals surface area (Å²) in [5.74, 6) is 0.335. The smallest absolute Gasteiger partial charge is 0.139 e. The third kappa shape index (κ3) is 2.31. The summed E-state index contributed by atoms with van der Waals surface area (Å²) >= 11 is 9.13. The van der Waals surface area contributed by atoms with Crippen molar-refractivity contribution in [1.82, 2.24) is 9.55 Å². The fourth-order valence-corrected chi connectivity index (χ4v) is 2.75. The zero-order valence-corrected chi connectivity index (χ0v) is 13.0. The molecule has 1 heterocycles. The van der Waals surface area contributed by atoms with Crippen molar-refractivity contribution in [3.05, 3.63) is 58.1 Å². The lowest BCUT2D eigenvalue weighted by molar-refractivity contribution is 0.623. The zero-order chi connectivity index (χ0) is 15.0. The Morgan fingerprint density at radius 2 is 2.10 bits per heavy atom. The molecule has 0 spiro atoms. The molecule has 0 saturated carbocycles. The number of halogens is 3. The molecule has 0 aliphatic carbocycles. The molecule has 0 N–H and O–H groups in total. The molecule has 0 aliphatic heterocycles. The summed E-state index contributed by atoms with van der Waals surface area (Å²) in [6, 6.07) is 12.3. The van der Waals surface area contributed by atoms with Gasteiger partial charge < -0.3 is 0 Å². The number of nitrogens with zero attached hydrogens (tertiary/aromatic N) is 3. The third-order valence-corrected chi connectivity index (χ3v) is 4.00. The number of aromatic nitrogens is 2. The fraction of sp³-hybridized carbons (Fsp3) is 0.0667. The van der Waals surface area contributed by atoms with Crippen molar-refractivity contribution in [2.75, 3.05) is 0 Å². The summed E-state index contributed by atoms with van der Waals surface area (Å²) in [6.45, 7) is 0. The average Bonchev–Trinajstić information content (AvgIpc) is 2.85. The second-order valence-corrected chi connectivity index (χ2v) is 5.50. The molecule has 0 bridgehead atoms.